The Labute approximate surface area is 220 Å². The molecule has 2 aliphatic heterocycles. The zero-order valence-electron chi connectivity index (χ0n) is 22.9. The minimum absolute atomic E-state index is 0.0696. The molecule has 1 aromatic heterocycles. The first-order valence-electron chi connectivity index (χ1n) is 12.8. The minimum atomic E-state index is -0.621. The topological polar surface area (TPSA) is 103 Å². The molecule has 200 valence electrons. The summed E-state index contributed by atoms with van der Waals surface area (Å²) < 4.78 is 17.4. The van der Waals surface area contributed by atoms with E-state index in [2.05, 4.69) is 15.3 Å². The number of thioether (sulfide) groups is 1. The van der Waals surface area contributed by atoms with Crippen LogP contribution < -0.4 is 10.8 Å². The molecule has 36 heavy (non-hydrogen) atoms. The minimum Gasteiger partial charge on any atom is -0.444 e. The smallest absolute Gasteiger partial charge is 0.444 e. The molecule has 1 N–H and O–H groups in total. The van der Waals surface area contributed by atoms with E-state index in [0.29, 0.717) is 24.2 Å². The Morgan fingerprint density at radius 1 is 1.22 bits per heavy atom. The number of rotatable bonds is 7. The van der Waals surface area contributed by atoms with Crippen molar-refractivity contribution in [3.05, 3.63) is 12.4 Å². The highest BCUT2D eigenvalue weighted by atomic mass is 32.2. The van der Waals surface area contributed by atoms with Gasteiger partial charge in [0.2, 0.25) is 5.91 Å². The van der Waals surface area contributed by atoms with Crippen LogP contribution in [0.3, 0.4) is 0 Å². The Morgan fingerprint density at radius 3 is 2.42 bits per heavy atom. The van der Waals surface area contributed by atoms with Gasteiger partial charge in [0.15, 0.2) is 5.16 Å². The molecule has 0 aromatic carbocycles. The van der Waals surface area contributed by atoms with Crippen molar-refractivity contribution in [2.24, 2.45) is 5.92 Å². The van der Waals surface area contributed by atoms with Gasteiger partial charge in [0.1, 0.15) is 11.6 Å². The van der Waals surface area contributed by atoms with Crippen molar-refractivity contribution in [2.75, 3.05) is 18.8 Å². The summed E-state index contributed by atoms with van der Waals surface area (Å²) in [4.78, 5) is 35.7. The highest BCUT2D eigenvalue weighted by molar-refractivity contribution is 7.99. The van der Waals surface area contributed by atoms with Crippen LogP contribution in [0.15, 0.2) is 17.6 Å². The van der Waals surface area contributed by atoms with Crippen LogP contribution in [0, 0.1) is 5.92 Å². The molecule has 2 atom stereocenters. The normalized spacial score (nSPS) is 22.3. The van der Waals surface area contributed by atoms with Crippen LogP contribution in [0.1, 0.15) is 74.7 Å². The Balaban J connectivity index is 1.43. The number of hydrogen-bond donors (Lipinski definition) is 1. The van der Waals surface area contributed by atoms with Crippen LogP contribution in [0.5, 0.6) is 0 Å². The third-order valence-electron chi connectivity index (χ3n) is 6.87. The number of amides is 2. The molecule has 3 rings (SSSR count). The summed E-state index contributed by atoms with van der Waals surface area (Å²) >= 11 is 1.61. The number of nitrogens with zero attached hydrogens (tertiary/aromatic N) is 3. The zero-order valence-corrected chi connectivity index (χ0v) is 23.7. The lowest BCUT2D eigenvalue weighted by atomic mass is 9.81. The highest BCUT2D eigenvalue weighted by Gasteiger charge is 2.52. The summed E-state index contributed by atoms with van der Waals surface area (Å²) in [7, 11) is -0.466. The van der Waals surface area contributed by atoms with E-state index in [1.54, 1.807) is 51.9 Å². The Kier molecular flexibility index (Phi) is 8.99. The lowest BCUT2D eigenvalue weighted by molar-refractivity contribution is -0.134. The van der Waals surface area contributed by atoms with Gasteiger partial charge >= 0.3 is 13.2 Å². The SMILES string of the molecule is C[C@@H](NC(=O)OC(C)(C)C)C(=O)N1CCC[C@H](CCSc2ncc(B3OC(C)(C)C(C)(C)O3)cn2)C1. The van der Waals surface area contributed by atoms with Crippen molar-refractivity contribution < 1.29 is 23.6 Å². The molecule has 2 amide bonds. The monoisotopic (exact) mass is 520 g/mol. The fraction of sp³-hybridized carbons (Fsp3) is 0.760. The average Bonchev–Trinajstić information content (AvgIpc) is 2.99. The molecule has 2 aliphatic rings. The summed E-state index contributed by atoms with van der Waals surface area (Å²) in [5.41, 5.74) is -0.585. The molecule has 0 bridgehead atoms. The van der Waals surface area contributed by atoms with E-state index >= 15 is 0 Å². The Morgan fingerprint density at radius 2 is 1.83 bits per heavy atom. The molecule has 1 aromatic rings. The summed E-state index contributed by atoms with van der Waals surface area (Å²) in [6, 6.07) is -0.621. The van der Waals surface area contributed by atoms with Crippen molar-refractivity contribution in [2.45, 2.75) is 103 Å². The van der Waals surface area contributed by atoms with E-state index in [1.807, 2.05) is 32.6 Å². The van der Waals surface area contributed by atoms with Crippen LogP contribution in [-0.2, 0) is 18.8 Å². The zero-order chi connectivity index (χ0) is 26.7. The second-order valence-electron chi connectivity index (χ2n) is 11.7. The van der Waals surface area contributed by atoms with Crippen LogP contribution in [0.2, 0.25) is 0 Å². The molecular formula is C25H41BN4O5S. The van der Waals surface area contributed by atoms with Crippen molar-refractivity contribution in [1.29, 1.82) is 0 Å². The van der Waals surface area contributed by atoms with E-state index in [0.717, 1.165) is 30.5 Å². The Hall–Kier alpha value is -1.85. The van der Waals surface area contributed by atoms with Crippen molar-refractivity contribution in [3.8, 4) is 0 Å². The average molecular weight is 521 g/mol. The third-order valence-corrected chi connectivity index (χ3v) is 7.77. The van der Waals surface area contributed by atoms with Gasteiger partial charge in [0, 0.05) is 36.7 Å². The number of likely N-dealkylation sites (tertiary alicyclic amines) is 1. The van der Waals surface area contributed by atoms with Gasteiger partial charge in [-0.1, -0.05) is 11.8 Å². The van der Waals surface area contributed by atoms with Gasteiger partial charge in [-0.3, -0.25) is 4.79 Å². The summed E-state index contributed by atoms with van der Waals surface area (Å²) in [6.07, 6.45) is 5.98. The summed E-state index contributed by atoms with van der Waals surface area (Å²) in [5, 5.41) is 3.37. The van der Waals surface area contributed by atoms with Gasteiger partial charge in [-0.05, 0) is 80.6 Å². The van der Waals surface area contributed by atoms with E-state index < -0.39 is 36.1 Å². The van der Waals surface area contributed by atoms with E-state index in [-0.39, 0.29) is 5.91 Å². The standard InChI is InChI=1S/C25H41BN4O5S/c1-17(29-22(32)33-23(2,3)4)20(31)30-12-9-10-18(16-30)11-13-36-21-27-14-19(15-28-21)26-34-24(5,6)25(7,8)35-26/h14-15,17-18H,9-13,16H2,1-8H3,(H,29,32)/t17-,18-/m1/s1. The molecule has 2 fully saturated rings. The van der Waals surface area contributed by atoms with Gasteiger partial charge in [0.25, 0.3) is 0 Å². The molecule has 0 radical (unpaired) electrons. The third kappa shape index (κ3) is 7.58. The highest BCUT2D eigenvalue weighted by Crippen LogP contribution is 2.36. The van der Waals surface area contributed by atoms with Crippen LogP contribution in [0.4, 0.5) is 4.79 Å². The number of carbonyl (C=O) groups excluding carboxylic acids is 2. The maximum Gasteiger partial charge on any atom is 0.498 e. The van der Waals surface area contributed by atoms with Crippen molar-refractivity contribution in [1.82, 2.24) is 20.2 Å². The van der Waals surface area contributed by atoms with Crippen molar-refractivity contribution >= 4 is 36.3 Å². The maximum absolute atomic E-state index is 12.9. The number of aromatic nitrogens is 2. The first-order valence-corrected chi connectivity index (χ1v) is 13.7. The van der Waals surface area contributed by atoms with Gasteiger partial charge in [0.05, 0.1) is 11.2 Å². The molecule has 0 spiro atoms. The molecular weight excluding hydrogens is 479 g/mol. The number of carbonyl (C=O) groups is 2. The van der Waals surface area contributed by atoms with Gasteiger partial charge < -0.3 is 24.3 Å². The lowest BCUT2D eigenvalue weighted by Crippen LogP contribution is -2.50. The second kappa shape index (κ2) is 11.3. The lowest BCUT2D eigenvalue weighted by Gasteiger charge is -2.34. The van der Waals surface area contributed by atoms with Crippen molar-refractivity contribution in [3.63, 3.8) is 0 Å². The maximum atomic E-state index is 12.9. The summed E-state index contributed by atoms with van der Waals surface area (Å²) in [5.74, 6) is 1.21. The molecule has 0 unspecified atom stereocenters. The number of hydrogen-bond acceptors (Lipinski definition) is 8. The molecule has 3 heterocycles. The molecule has 0 saturated carbocycles. The molecule has 11 heteroatoms. The van der Waals surface area contributed by atoms with Crippen LogP contribution in [0.25, 0.3) is 0 Å². The van der Waals surface area contributed by atoms with Crippen LogP contribution >= 0.6 is 11.8 Å². The number of piperidine rings is 1. The summed E-state index contributed by atoms with van der Waals surface area (Å²) in [6.45, 7) is 16.6. The van der Waals surface area contributed by atoms with Crippen LogP contribution in [-0.4, -0.2) is 75.7 Å². The van der Waals surface area contributed by atoms with Gasteiger partial charge in [-0.15, -0.1) is 0 Å². The van der Waals surface area contributed by atoms with E-state index in [9.17, 15) is 9.59 Å². The molecule has 0 aliphatic carbocycles. The fourth-order valence-corrected chi connectivity index (χ4v) is 5.03. The first-order chi connectivity index (χ1) is 16.7. The van der Waals surface area contributed by atoms with E-state index in [4.69, 9.17) is 14.0 Å². The first kappa shape index (κ1) is 28.7. The number of alkyl carbamates (subject to hydrolysis) is 1. The largest absolute Gasteiger partial charge is 0.498 e. The fourth-order valence-electron chi connectivity index (χ4n) is 4.14. The number of ether oxygens (including phenoxy) is 1. The molecule has 9 nitrogen and oxygen atoms in total. The van der Waals surface area contributed by atoms with Gasteiger partial charge in [-0.25, -0.2) is 14.8 Å². The quantitative estimate of drug-likeness (QED) is 0.332. The predicted molar refractivity (Wildman–Crippen MR) is 141 cm³/mol. The van der Waals surface area contributed by atoms with Gasteiger partial charge in [-0.2, -0.15) is 0 Å². The predicted octanol–water partition coefficient (Wildman–Crippen LogP) is 3.41. The number of nitrogens with one attached hydrogen (secondary N) is 1. The second-order valence-corrected chi connectivity index (χ2v) is 12.7. The molecule has 2 saturated heterocycles. The Bertz CT molecular complexity index is 906. The van der Waals surface area contributed by atoms with E-state index in [1.165, 1.54) is 0 Å².